The molecule has 0 heterocycles. The lowest BCUT2D eigenvalue weighted by atomic mass is 10.1. The molecule has 0 bridgehead atoms. The zero-order valence-corrected chi connectivity index (χ0v) is 13.1. The Morgan fingerprint density at radius 1 is 1.47 bits per heavy atom. The van der Waals surface area contributed by atoms with Crippen LogP contribution in [0.3, 0.4) is 0 Å². The van der Waals surface area contributed by atoms with Crippen LogP contribution in [0, 0.1) is 0 Å². The summed E-state index contributed by atoms with van der Waals surface area (Å²) < 4.78 is 1.03. The second-order valence-corrected chi connectivity index (χ2v) is 5.65. The third-order valence-electron chi connectivity index (χ3n) is 2.19. The number of hydrazone groups is 1. The average Bonchev–Trinajstić information content (AvgIpc) is 2.34. The first-order valence-electron chi connectivity index (χ1n) is 5.16. The minimum absolute atomic E-state index is 0.943. The summed E-state index contributed by atoms with van der Waals surface area (Å²) in [5, 5.41) is 8.00. The molecule has 0 aliphatic rings. The molecule has 17 heavy (non-hydrogen) atoms. The molecule has 2 nitrogen and oxygen atoms in total. The van der Waals surface area contributed by atoms with Gasteiger partial charge in [0, 0.05) is 34.7 Å². The van der Waals surface area contributed by atoms with Gasteiger partial charge in [-0.2, -0.15) is 16.9 Å². The molecule has 0 N–H and O–H groups in total. The minimum atomic E-state index is 0.943. The third kappa shape index (κ3) is 5.19. The van der Waals surface area contributed by atoms with Crippen molar-refractivity contribution in [2.75, 3.05) is 25.6 Å². The molecule has 0 saturated heterocycles. The van der Waals surface area contributed by atoms with E-state index in [0.717, 1.165) is 27.9 Å². The van der Waals surface area contributed by atoms with Crippen LogP contribution in [0.5, 0.6) is 0 Å². The fourth-order valence-corrected chi connectivity index (χ4v) is 2.25. The Morgan fingerprint density at radius 2 is 2.24 bits per heavy atom. The molecule has 0 spiro atoms. The second kappa shape index (κ2) is 7.84. The molecule has 0 amide bonds. The van der Waals surface area contributed by atoms with Crippen LogP contribution in [0.4, 0.5) is 0 Å². The van der Waals surface area contributed by atoms with E-state index in [-0.39, 0.29) is 0 Å². The fourth-order valence-electron chi connectivity index (χ4n) is 1.21. The molecule has 0 fully saturated rings. The zero-order valence-electron chi connectivity index (χ0n) is 9.89. The monoisotopic (exact) mass is 330 g/mol. The van der Waals surface area contributed by atoms with Crippen LogP contribution >= 0.6 is 39.9 Å². The first-order valence-corrected chi connectivity index (χ1v) is 7.82. The van der Waals surface area contributed by atoms with E-state index in [1.54, 1.807) is 5.37 Å². The van der Waals surface area contributed by atoms with Crippen molar-refractivity contribution in [2.24, 2.45) is 5.10 Å². The number of benzene rings is 1. The van der Waals surface area contributed by atoms with E-state index >= 15 is 0 Å². The van der Waals surface area contributed by atoms with Gasteiger partial charge in [-0.05, 0) is 24.0 Å². The summed E-state index contributed by atoms with van der Waals surface area (Å²) in [7, 11) is 1.97. The zero-order chi connectivity index (χ0) is 12.7. The Kier molecular flexibility index (Phi) is 6.77. The Morgan fingerprint density at radius 3 is 2.88 bits per heavy atom. The van der Waals surface area contributed by atoms with Gasteiger partial charge >= 0.3 is 0 Å². The van der Waals surface area contributed by atoms with Gasteiger partial charge in [0.15, 0.2) is 0 Å². The van der Waals surface area contributed by atoms with Crippen LogP contribution in [0.25, 0.3) is 0 Å². The third-order valence-corrected chi connectivity index (χ3v) is 3.53. The molecule has 0 saturated carbocycles. The Balaban J connectivity index is 2.75. The van der Waals surface area contributed by atoms with Gasteiger partial charge in [-0.15, -0.1) is 0 Å². The predicted molar refractivity (Wildman–Crippen MR) is 85.5 cm³/mol. The van der Waals surface area contributed by atoms with E-state index in [4.69, 9.17) is 12.2 Å². The van der Waals surface area contributed by atoms with E-state index in [9.17, 15) is 0 Å². The molecule has 5 heteroatoms. The standard InChI is InChI=1S/C12H15BrN2S2/c1-15(5-6-17-2)14-8-11-7-12(13)4-3-10(11)9-16/h3-4,7-9H,5-6H2,1-2H3/b14-8-. The van der Waals surface area contributed by atoms with Crippen molar-refractivity contribution in [1.29, 1.82) is 0 Å². The van der Waals surface area contributed by atoms with Gasteiger partial charge in [0.2, 0.25) is 0 Å². The largest absolute Gasteiger partial charge is 0.299 e. The first kappa shape index (κ1) is 14.7. The maximum absolute atomic E-state index is 4.98. The van der Waals surface area contributed by atoms with E-state index in [2.05, 4.69) is 27.3 Å². The van der Waals surface area contributed by atoms with Crippen LogP contribution in [0.15, 0.2) is 27.8 Å². The molecule has 0 aliphatic carbocycles. The smallest absolute Gasteiger partial charge is 0.0549 e. The van der Waals surface area contributed by atoms with Crippen molar-refractivity contribution in [3.05, 3.63) is 33.8 Å². The Hall–Kier alpha value is -0.390. The lowest BCUT2D eigenvalue weighted by Crippen LogP contribution is -2.14. The summed E-state index contributed by atoms with van der Waals surface area (Å²) in [6, 6.07) is 5.98. The van der Waals surface area contributed by atoms with E-state index in [1.807, 2.05) is 48.2 Å². The summed E-state index contributed by atoms with van der Waals surface area (Å²) in [6.45, 7) is 0.943. The molecule has 1 rings (SSSR count). The average molecular weight is 331 g/mol. The van der Waals surface area contributed by atoms with Crippen molar-refractivity contribution in [2.45, 2.75) is 0 Å². The number of thiocarbonyl (C=S) groups is 1. The molecule has 0 atom stereocenters. The molecular formula is C12H15BrN2S2. The number of halogens is 1. The summed E-state index contributed by atoms with van der Waals surface area (Å²) in [4.78, 5) is 0. The van der Waals surface area contributed by atoms with Crippen molar-refractivity contribution in [3.8, 4) is 0 Å². The minimum Gasteiger partial charge on any atom is -0.299 e. The highest BCUT2D eigenvalue weighted by Crippen LogP contribution is 2.14. The summed E-state index contributed by atoms with van der Waals surface area (Å²) in [5.74, 6) is 1.08. The van der Waals surface area contributed by atoms with Gasteiger partial charge in [-0.1, -0.05) is 34.2 Å². The molecular weight excluding hydrogens is 316 g/mol. The molecule has 92 valence electrons. The summed E-state index contributed by atoms with van der Waals surface area (Å²) in [6.07, 6.45) is 3.94. The molecule has 1 aromatic carbocycles. The first-order chi connectivity index (χ1) is 8.17. The number of nitrogens with zero attached hydrogens (tertiary/aromatic N) is 2. The quantitative estimate of drug-likeness (QED) is 0.451. The topological polar surface area (TPSA) is 15.6 Å². The van der Waals surface area contributed by atoms with Crippen molar-refractivity contribution in [1.82, 2.24) is 5.01 Å². The van der Waals surface area contributed by atoms with Gasteiger partial charge in [0.05, 0.1) is 6.21 Å². The number of hydrogen-bond donors (Lipinski definition) is 0. The second-order valence-electron chi connectivity index (χ2n) is 3.51. The van der Waals surface area contributed by atoms with Crippen LogP contribution in [0.2, 0.25) is 0 Å². The highest BCUT2D eigenvalue weighted by atomic mass is 79.9. The van der Waals surface area contributed by atoms with Gasteiger partial charge in [0.25, 0.3) is 0 Å². The lowest BCUT2D eigenvalue weighted by molar-refractivity contribution is 0.381. The van der Waals surface area contributed by atoms with Gasteiger partial charge in [-0.3, -0.25) is 5.01 Å². The van der Waals surface area contributed by atoms with Crippen molar-refractivity contribution >= 4 is 51.5 Å². The van der Waals surface area contributed by atoms with Crippen LogP contribution < -0.4 is 0 Å². The SMILES string of the molecule is CSCCN(C)/N=C\c1cc(Br)ccc1C=S. The van der Waals surface area contributed by atoms with Crippen LogP contribution in [-0.2, 0) is 0 Å². The Labute approximate surface area is 121 Å². The Bertz CT molecular complexity index is 407. The predicted octanol–water partition coefficient (Wildman–Crippen LogP) is 3.43. The fraction of sp³-hybridized carbons (Fsp3) is 0.333. The molecule has 0 unspecified atom stereocenters. The molecule has 0 radical (unpaired) electrons. The van der Waals surface area contributed by atoms with Gasteiger partial charge < -0.3 is 0 Å². The molecule has 0 aromatic heterocycles. The van der Waals surface area contributed by atoms with Crippen LogP contribution in [-0.4, -0.2) is 42.2 Å². The van der Waals surface area contributed by atoms with Crippen LogP contribution in [0.1, 0.15) is 11.1 Å². The normalized spacial score (nSPS) is 10.8. The molecule has 1 aromatic rings. The highest BCUT2D eigenvalue weighted by molar-refractivity contribution is 9.10. The van der Waals surface area contributed by atoms with E-state index < -0.39 is 0 Å². The maximum Gasteiger partial charge on any atom is 0.0549 e. The summed E-state index contributed by atoms with van der Waals surface area (Å²) >= 11 is 10.2. The highest BCUT2D eigenvalue weighted by Gasteiger charge is 1.99. The van der Waals surface area contributed by atoms with Crippen molar-refractivity contribution < 1.29 is 0 Å². The van der Waals surface area contributed by atoms with Gasteiger partial charge in [0.1, 0.15) is 0 Å². The number of thioether (sulfide) groups is 1. The van der Waals surface area contributed by atoms with Gasteiger partial charge in [-0.25, -0.2) is 0 Å². The maximum atomic E-state index is 4.98. The van der Waals surface area contributed by atoms with E-state index in [1.165, 1.54) is 0 Å². The van der Waals surface area contributed by atoms with E-state index in [0.29, 0.717) is 0 Å². The number of hydrogen-bond acceptors (Lipinski definition) is 4. The number of rotatable bonds is 6. The molecule has 0 aliphatic heterocycles. The lowest BCUT2D eigenvalue weighted by Gasteiger charge is -2.11. The summed E-state index contributed by atoms with van der Waals surface area (Å²) in [5.41, 5.74) is 2.05. The van der Waals surface area contributed by atoms with Crippen molar-refractivity contribution in [3.63, 3.8) is 0 Å².